The Morgan fingerprint density at radius 3 is 2.54 bits per heavy atom. The third-order valence-electron chi connectivity index (χ3n) is 3.90. The zero-order valence-corrected chi connectivity index (χ0v) is 14.0. The Morgan fingerprint density at radius 2 is 1.79 bits per heavy atom. The van der Waals surface area contributed by atoms with Crippen LogP contribution < -0.4 is 10.1 Å². The lowest BCUT2D eigenvalue weighted by atomic mass is 10.1. The lowest BCUT2D eigenvalue weighted by Crippen LogP contribution is -2.24. The van der Waals surface area contributed by atoms with Crippen molar-refractivity contribution in [3.63, 3.8) is 0 Å². The van der Waals surface area contributed by atoms with Gasteiger partial charge in [-0.3, -0.25) is 4.79 Å². The molecule has 0 atom stereocenters. The molecule has 0 saturated carbocycles. The summed E-state index contributed by atoms with van der Waals surface area (Å²) in [6, 6.07) is 18.1. The SMILES string of the molecule is Cc1ccc(/C=c2\sc3nnc(Cc4ccccc4)n3c2=O)cc1. The molecule has 2 aromatic heterocycles. The highest BCUT2D eigenvalue weighted by atomic mass is 32.1. The molecule has 0 spiro atoms. The largest absolute Gasteiger partial charge is 0.275 e. The van der Waals surface area contributed by atoms with E-state index in [-0.39, 0.29) is 5.56 Å². The van der Waals surface area contributed by atoms with Gasteiger partial charge in [0.15, 0.2) is 0 Å². The maximum atomic E-state index is 12.7. The average molecular weight is 333 g/mol. The third kappa shape index (κ3) is 2.74. The van der Waals surface area contributed by atoms with Gasteiger partial charge in [-0.1, -0.05) is 71.5 Å². The summed E-state index contributed by atoms with van der Waals surface area (Å²) < 4.78 is 2.30. The molecule has 118 valence electrons. The second-order valence-electron chi connectivity index (χ2n) is 5.72. The van der Waals surface area contributed by atoms with E-state index in [0.29, 0.717) is 21.7 Å². The summed E-state index contributed by atoms with van der Waals surface area (Å²) in [5.74, 6) is 0.681. The predicted octanol–water partition coefficient (Wildman–Crippen LogP) is 2.60. The zero-order valence-electron chi connectivity index (χ0n) is 13.1. The van der Waals surface area contributed by atoms with Crippen molar-refractivity contribution in [2.75, 3.05) is 0 Å². The van der Waals surface area contributed by atoms with Crippen LogP contribution in [-0.4, -0.2) is 14.6 Å². The summed E-state index contributed by atoms with van der Waals surface area (Å²) in [4.78, 5) is 13.4. The number of rotatable bonds is 3. The molecule has 0 aliphatic carbocycles. The first kappa shape index (κ1) is 14.8. The lowest BCUT2D eigenvalue weighted by molar-refractivity contribution is 0.918. The van der Waals surface area contributed by atoms with E-state index in [1.165, 1.54) is 16.9 Å². The van der Waals surface area contributed by atoms with Crippen molar-refractivity contribution >= 4 is 22.4 Å². The molecule has 4 nitrogen and oxygen atoms in total. The molecule has 5 heteroatoms. The minimum absolute atomic E-state index is 0.0495. The van der Waals surface area contributed by atoms with Gasteiger partial charge >= 0.3 is 0 Å². The van der Waals surface area contributed by atoms with Gasteiger partial charge in [0.25, 0.3) is 5.56 Å². The molecule has 0 radical (unpaired) electrons. The molecule has 24 heavy (non-hydrogen) atoms. The van der Waals surface area contributed by atoms with Crippen LogP contribution in [-0.2, 0) is 6.42 Å². The van der Waals surface area contributed by atoms with Crippen LogP contribution in [0.5, 0.6) is 0 Å². The number of benzene rings is 2. The van der Waals surface area contributed by atoms with Crippen molar-refractivity contribution in [2.45, 2.75) is 13.3 Å². The summed E-state index contributed by atoms with van der Waals surface area (Å²) in [7, 11) is 0. The molecule has 0 N–H and O–H groups in total. The Hall–Kier alpha value is -2.79. The first-order chi connectivity index (χ1) is 11.7. The van der Waals surface area contributed by atoms with E-state index in [9.17, 15) is 4.79 Å². The van der Waals surface area contributed by atoms with Crippen molar-refractivity contribution in [1.82, 2.24) is 14.6 Å². The van der Waals surface area contributed by atoms with E-state index >= 15 is 0 Å². The summed E-state index contributed by atoms with van der Waals surface area (Å²) in [6.07, 6.45) is 2.51. The van der Waals surface area contributed by atoms with Crippen molar-refractivity contribution < 1.29 is 0 Å². The molecule has 0 amide bonds. The number of hydrogen-bond acceptors (Lipinski definition) is 4. The Balaban J connectivity index is 1.79. The van der Waals surface area contributed by atoms with E-state index in [4.69, 9.17) is 0 Å². The van der Waals surface area contributed by atoms with Crippen LogP contribution in [0.15, 0.2) is 59.4 Å². The Labute approximate surface area is 142 Å². The third-order valence-corrected chi connectivity index (χ3v) is 4.85. The summed E-state index contributed by atoms with van der Waals surface area (Å²) in [5.41, 5.74) is 3.28. The van der Waals surface area contributed by atoms with Gasteiger partial charge in [0.1, 0.15) is 5.82 Å². The number of fused-ring (bicyclic) bond motifs is 1. The van der Waals surface area contributed by atoms with Crippen molar-refractivity contribution in [3.8, 4) is 0 Å². The fraction of sp³-hybridized carbons (Fsp3) is 0.105. The molecule has 4 aromatic rings. The number of hydrogen-bond donors (Lipinski definition) is 0. The van der Waals surface area contributed by atoms with Crippen LogP contribution in [0.4, 0.5) is 0 Å². The second kappa shape index (κ2) is 6.02. The fourth-order valence-corrected chi connectivity index (χ4v) is 3.55. The number of aryl methyl sites for hydroxylation is 1. The van der Waals surface area contributed by atoms with Crippen molar-refractivity contribution in [1.29, 1.82) is 0 Å². The summed E-state index contributed by atoms with van der Waals surface area (Å²) >= 11 is 1.38. The molecule has 2 heterocycles. The van der Waals surface area contributed by atoms with E-state index in [1.807, 2.05) is 67.6 Å². The van der Waals surface area contributed by atoms with Gasteiger partial charge in [0, 0.05) is 6.42 Å². The van der Waals surface area contributed by atoms with Crippen molar-refractivity contribution in [3.05, 3.63) is 92.0 Å². The lowest BCUT2D eigenvalue weighted by Gasteiger charge is -1.97. The van der Waals surface area contributed by atoms with E-state index < -0.39 is 0 Å². The Kier molecular flexibility index (Phi) is 3.70. The van der Waals surface area contributed by atoms with Crippen LogP contribution in [0.1, 0.15) is 22.5 Å². The quantitative estimate of drug-likeness (QED) is 0.579. The number of nitrogens with zero attached hydrogens (tertiary/aromatic N) is 3. The Morgan fingerprint density at radius 1 is 1.04 bits per heavy atom. The van der Waals surface area contributed by atoms with Crippen molar-refractivity contribution in [2.24, 2.45) is 0 Å². The van der Waals surface area contributed by atoms with Crippen LogP contribution in [0.2, 0.25) is 0 Å². The first-order valence-corrected chi connectivity index (χ1v) is 8.51. The summed E-state index contributed by atoms with van der Waals surface area (Å²) in [5, 5.41) is 8.34. The van der Waals surface area contributed by atoms with Gasteiger partial charge in [0.2, 0.25) is 4.96 Å². The summed E-state index contributed by atoms with van der Waals surface area (Å²) in [6.45, 7) is 2.05. The first-order valence-electron chi connectivity index (χ1n) is 7.70. The highest BCUT2D eigenvalue weighted by molar-refractivity contribution is 7.15. The topological polar surface area (TPSA) is 47.3 Å². The van der Waals surface area contributed by atoms with Crippen LogP contribution in [0, 0.1) is 6.92 Å². The molecule has 0 unspecified atom stereocenters. The van der Waals surface area contributed by atoms with Gasteiger partial charge in [-0.25, -0.2) is 4.40 Å². The van der Waals surface area contributed by atoms with E-state index in [0.717, 1.165) is 11.1 Å². The van der Waals surface area contributed by atoms with E-state index in [2.05, 4.69) is 10.2 Å². The van der Waals surface area contributed by atoms with Crippen LogP contribution in [0.3, 0.4) is 0 Å². The maximum absolute atomic E-state index is 12.7. The maximum Gasteiger partial charge on any atom is 0.275 e. The molecule has 0 aliphatic rings. The highest BCUT2D eigenvalue weighted by Crippen LogP contribution is 2.10. The van der Waals surface area contributed by atoms with Crippen LogP contribution in [0.25, 0.3) is 11.0 Å². The smallest absolute Gasteiger partial charge is 0.267 e. The van der Waals surface area contributed by atoms with Gasteiger partial charge in [0.05, 0.1) is 4.53 Å². The minimum Gasteiger partial charge on any atom is -0.267 e. The monoisotopic (exact) mass is 333 g/mol. The zero-order chi connectivity index (χ0) is 16.5. The van der Waals surface area contributed by atoms with Gasteiger partial charge in [-0.2, -0.15) is 0 Å². The van der Waals surface area contributed by atoms with E-state index in [1.54, 1.807) is 4.40 Å². The molecule has 0 aliphatic heterocycles. The Bertz CT molecular complexity index is 1100. The highest BCUT2D eigenvalue weighted by Gasteiger charge is 2.12. The number of thiazole rings is 1. The minimum atomic E-state index is -0.0495. The van der Waals surface area contributed by atoms with Gasteiger partial charge < -0.3 is 0 Å². The molecule has 0 saturated heterocycles. The molecule has 4 rings (SSSR count). The molecule has 0 bridgehead atoms. The molecule has 2 aromatic carbocycles. The normalized spacial score (nSPS) is 12.1. The standard InChI is InChI=1S/C19H15N3OS/c1-13-7-9-15(10-8-13)11-16-18(23)22-17(20-21-19(22)24-16)12-14-5-3-2-4-6-14/h2-11H,12H2,1H3/b16-11-. The number of aromatic nitrogens is 3. The predicted molar refractivity (Wildman–Crippen MR) is 96.3 cm³/mol. The average Bonchev–Trinajstić information content (AvgIpc) is 3.12. The van der Waals surface area contributed by atoms with Crippen LogP contribution >= 0.6 is 11.3 Å². The van der Waals surface area contributed by atoms with Gasteiger partial charge in [-0.15, -0.1) is 10.2 Å². The molecular formula is C19H15N3OS. The second-order valence-corrected chi connectivity index (χ2v) is 6.73. The molecular weight excluding hydrogens is 318 g/mol. The fourth-order valence-electron chi connectivity index (χ4n) is 2.62. The van der Waals surface area contributed by atoms with Gasteiger partial charge in [-0.05, 0) is 24.1 Å². The molecule has 0 fully saturated rings.